The van der Waals surface area contributed by atoms with E-state index in [0.29, 0.717) is 24.8 Å². The largest absolute Gasteiger partial charge is 0.469 e. The van der Waals surface area contributed by atoms with Crippen molar-refractivity contribution in [3.63, 3.8) is 0 Å². The van der Waals surface area contributed by atoms with Gasteiger partial charge in [0.05, 0.1) is 18.9 Å². The molecule has 0 radical (unpaired) electrons. The van der Waals surface area contributed by atoms with Crippen molar-refractivity contribution in [1.29, 1.82) is 0 Å². The number of nitrogens with one attached hydrogen (secondary N) is 2. The molecule has 1 unspecified atom stereocenters. The fraction of sp³-hybridized carbons (Fsp3) is 0.318. The quantitative estimate of drug-likeness (QED) is 0.520. The number of benzene rings is 1. The third-order valence-electron chi connectivity index (χ3n) is 6.27. The Balaban J connectivity index is 1.51. The van der Waals surface area contributed by atoms with Crippen LogP contribution >= 0.6 is 0 Å². The first-order valence-corrected chi connectivity index (χ1v) is 12.2. The summed E-state index contributed by atoms with van der Waals surface area (Å²) in [6, 6.07) is 7.82. The molecule has 2 N–H and O–H groups in total. The molecule has 0 saturated carbocycles. The van der Waals surface area contributed by atoms with Crippen LogP contribution in [0.15, 0.2) is 47.8 Å². The van der Waals surface area contributed by atoms with Crippen LogP contribution < -0.4 is 14.8 Å². The summed E-state index contributed by atoms with van der Waals surface area (Å²) in [6.45, 7) is 0.634. The van der Waals surface area contributed by atoms with Gasteiger partial charge in [-0.2, -0.15) is 13.5 Å². The average molecular weight is 468 g/mol. The minimum Gasteiger partial charge on any atom is -0.469 e. The van der Waals surface area contributed by atoms with Gasteiger partial charge in [0.1, 0.15) is 12.1 Å². The van der Waals surface area contributed by atoms with Gasteiger partial charge in [0.15, 0.2) is 5.03 Å². The minimum atomic E-state index is -4.18. The van der Waals surface area contributed by atoms with Crippen LogP contribution in [0, 0.1) is 0 Å². The van der Waals surface area contributed by atoms with Crippen LogP contribution in [0.2, 0.25) is 0 Å². The number of hydrogen-bond donors (Lipinski definition) is 2. The minimum absolute atomic E-state index is 0.254. The van der Waals surface area contributed by atoms with Crippen LogP contribution in [0.1, 0.15) is 23.6 Å². The first-order valence-electron chi connectivity index (χ1n) is 10.7. The van der Waals surface area contributed by atoms with Gasteiger partial charge in [-0.3, -0.25) is 4.68 Å². The lowest BCUT2D eigenvalue weighted by molar-refractivity contribution is 0.132. The Morgan fingerprint density at radius 3 is 2.94 bits per heavy atom. The number of fused-ring (bicyclic) bond motifs is 10. The molecule has 4 bridgehead atoms. The van der Waals surface area contributed by atoms with Crippen molar-refractivity contribution in [3.8, 4) is 17.0 Å². The maximum Gasteiger partial charge on any atom is 0.333 e. The number of rotatable bonds is 0. The predicted molar refractivity (Wildman–Crippen MR) is 118 cm³/mol. The highest BCUT2D eigenvalue weighted by atomic mass is 32.2. The summed E-state index contributed by atoms with van der Waals surface area (Å²) in [5.74, 6) is 0.416. The summed E-state index contributed by atoms with van der Waals surface area (Å²) < 4.78 is 41.0. The molecule has 11 heteroatoms. The van der Waals surface area contributed by atoms with E-state index in [1.165, 1.54) is 10.7 Å². The van der Waals surface area contributed by atoms with E-state index in [9.17, 15) is 13.2 Å². The first-order chi connectivity index (χ1) is 16.0. The smallest absolute Gasteiger partial charge is 0.333 e. The number of aryl methyl sites for hydroxylation is 1. The van der Waals surface area contributed by atoms with E-state index in [1.54, 1.807) is 12.4 Å². The molecule has 33 heavy (non-hydrogen) atoms. The van der Waals surface area contributed by atoms with Crippen molar-refractivity contribution >= 4 is 21.7 Å². The van der Waals surface area contributed by atoms with Crippen molar-refractivity contribution in [2.24, 2.45) is 0 Å². The van der Waals surface area contributed by atoms with Crippen molar-refractivity contribution < 1.29 is 22.7 Å². The van der Waals surface area contributed by atoms with Gasteiger partial charge in [-0.1, -0.05) is 12.1 Å². The van der Waals surface area contributed by atoms with Crippen LogP contribution in [0.3, 0.4) is 0 Å². The molecule has 4 heterocycles. The number of sulfonamides is 1. The first kappa shape index (κ1) is 20.2. The fourth-order valence-electron chi connectivity index (χ4n) is 4.69. The lowest BCUT2D eigenvalue weighted by Crippen LogP contribution is -2.35. The molecule has 3 aliphatic rings. The maximum absolute atomic E-state index is 12.8. The van der Waals surface area contributed by atoms with Gasteiger partial charge in [-0.05, 0) is 48.1 Å². The molecule has 1 fully saturated rings. The van der Waals surface area contributed by atoms with Gasteiger partial charge < -0.3 is 14.8 Å². The Bertz CT molecular complexity index is 1370. The third kappa shape index (κ3) is 3.53. The van der Waals surface area contributed by atoms with E-state index in [2.05, 4.69) is 26.2 Å². The molecule has 1 aliphatic carbocycles. The van der Waals surface area contributed by atoms with Crippen LogP contribution in [0.4, 0.5) is 10.5 Å². The molecule has 3 aromatic rings. The number of ether oxygens (including phenoxy) is 2. The van der Waals surface area contributed by atoms with Crippen LogP contribution in [0.25, 0.3) is 11.1 Å². The lowest BCUT2D eigenvalue weighted by Gasteiger charge is -2.20. The molecular weight excluding hydrogens is 446 g/mol. The summed E-state index contributed by atoms with van der Waals surface area (Å²) in [5.41, 5.74) is 4.32. The Labute approximate surface area is 190 Å². The average Bonchev–Trinajstić information content (AvgIpc) is 3.53. The van der Waals surface area contributed by atoms with Gasteiger partial charge in [0.25, 0.3) is 10.0 Å². The standard InChI is InChI=1S/C22H21N5O5S/c28-22-24-21-15-3-1-2-13(15)4-5-16(21)14-6-8-23-19(10-14)32-18-12-31-11-17(18)27-9-7-20(25-27)33(29,30)26-22/h4-10,17-18H,1-3,11-12H2,(H2,24,26,28)/t17?,18-/m0/s1. The number of aromatic nitrogens is 3. The number of nitrogens with zero attached hydrogens (tertiary/aromatic N) is 3. The summed E-state index contributed by atoms with van der Waals surface area (Å²) in [5, 5.41) is 6.73. The van der Waals surface area contributed by atoms with Crippen molar-refractivity contribution in [3.05, 3.63) is 53.9 Å². The van der Waals surface area contributed by atoms with Crippen molar-refractivity contribution in [2.45, 2.75) is 36.4 Å². The van der Waals surface area contributed by atoms with E-state index in [0.717, 1.165) is 41.5 Å². The van der Waals surface area contributed by atoms with Gasteiger partial charge in [-0.15, -0.1) is 0 Å². The van der Waals surface area contributed by atoms with E-state index in [1.807, 2.05) is 18.2 Å². The highest BCUT2D eigenvalue weighted by Gasteiger charge is 2.34. The summed E-state index contributed by atoms with van der Waals surface area (Å²) in [6.07, 6.45) is 5.47. The van der Waals surface area contributed by atoms with Gasteiger partial charge in [0, 0.05) is 24.0 Å². The van der Waals surface area contributed by atoms with Crippen LogP contribution in [0.5, 0.6) is 5.88 Å². The molecule has 1 saturated heterocycles. The van der Waals surface area contributed by atoms with Crippen molar-refractivity contribution in [1.82, 2.24) is 19.5 Å². The number of pyridine rings is 1. The number of hydrogen-bond acceptors (Lipinski definition) is 7. The molecular formula is C22H21N5O5S. The zero-order valence-electron chi connectivity index (χ0n) is 17.5. The fourth-order valence-corrected chi connectivity index (χ4v) is 5.53. The van der Waals surface area contributed by atoms with Crippen LogP contribution in [-0.4, -0.2) is 48.5 Å². The second-order valence-electron chi connectivity index (χ2n) is 8.32. The van der Waals surface area contributed by atoms with Gasteiger partial charge in [-0.25, -0.2) is 14.5 Å². The molecule has 6 rings (SSSR count). The second-order valence-corrected chi connectivity index (χ2v) is 9.95. The number of anilines is 1. The molecule has 2 aliphatic heterocycles. The van der Waals surface area contributed by atoms with Gasteiger partial charge in [0.2, 0.25) is 5.88 Å². The van der Waals surface area contributed by atoms with E-state index >= 15 is 0 Å². The third-order valence-corrected chi connectivity index (χ3v) is 7.49. The normalized spacial score (nSPS) is 23.1. The maximum atomic E-state index is 12.8. The SMILES string of the molecule is O=C1Nc2c(ccc3c2CCC3)-c2ccnc(c2)O[C@H]2COCC2n2ccc(n2)S(=O)(=O)N1. The summed E-state index contributed by atoms with van der Waals surface area (Å²) >= 11 is 0. The monoisotopic (exact) mass is 467 g/mol. The summed E-state index contributed by atoms with van der Waals surface area (Å²) in [7, 11) is -4.18. The zero-order valence-corrected chi connectivity index (χ0v) is 18.3. The molecule has 1 aromatic carbocycles. The Morgan fingerprint density at radius 2 is 2.03 bits per heavy atom. The lowest BCUT2D eigenvalue weighted by atomic mass is 9.98. The van der Waals surface area contributed by atoms with E-state index in [-0.39, 0.29) is 11.1 Å². The summed E-state index contributed by atoms with van der Waals surface area (Å²) in [4.78, 5) is 17.2. The highest BCUT2D eigenvalue weighted by Crippen LogP contribution is 2.38. The Hall–Kier alpha value is -3.44. The van der Waals surface area contributed by atoms with Gasteiger partial charge >= 0.3 is 6.03 Å². The second kappa shape index (κ2) is 7.56. The number of amides is 2. The molecule has 2 aromatic heterocycles. The molecule has 2 atom stereocenters. The number of carbonyl (C=O) groups is 1. The highest BCUT2D eigenvalue weighted by molar-refractivity contribution is 7.90. The zero-order chi connectivity index (χ0) is 22.6. The Kier molecular flexibility index (Phi) is 4.63. The predicted octanol–water partition coefficient (Wildman–Crippen LogP) is 2.28. The van der Waals surface area contributed by atoms with Crippen molar-refractivity contribution in [2.75, 3.05) is 18.5 Å². The molecule has 0 spiro atoms. The number of urea groups is 1. The van der Waals surface area contributed by atoms with E-state index in [4.69, 9.17) is 9.47 Å². The molecule has 10 nitrogen and oxygen atoms in total. The van der Waals surface area contributed by atoms with E-state index < -0.39 is 22.2 Å². The molecule has 170 valence electrons. The van der Waals surface area contributed by atoms with Crippen LogP contribution in [-0.2, 0) is 27.6 Å². The number of carbonyl (C=O) groups excluding carboxylic acids is 1. The topological polar surface area (TPSA) is 124 Å². The molecule has 2 amide bonds. The Morgan fingerprint density at radius 1 is 1.12 bits per heavy atom.